The molecule has 1 aromatic rings. The zero-order chi connectivity index (χ0) is 12.1. The van der Waals surface area contributed by atoms with E-state index < -0.39 is 13.2 Å². The minimum atomic E-state index is -1.93. The summed E-state index contributed by atoms with van der Waals surface area (Å²) in [4.78, 5) is 11.2. The first-order valence-corrected chi connectivity index (χ1v) is 4.60. The van der Waals surface area contributed by atoms with Crippen molar-refractivity contribution < 1.29 is 19.5 Å². The van der Waals surface area contributed by atoms with E-state index in [1.165, 1.54) is 6.07 Å². The number of carbonyl (C=O) groups excluding carboxylic acids is 1. The number of amides is 1. The second kappa shape index (κ2) is 5.34. The van der Waals surface area contributed by atoms with Gasteiger partial charge in [0.1, 0.15) is 5.75 Å². The maximum atomic E-state index is 11.2. The van der Waals surface area contributed by atoms with Crippen molar-refractivity contribution in [3.63, 3.8) is 0 Å². The van der Waals surface area contributed by atoms with Crippen LogP contribution in [0.25, 0.3) is 0 Å². The Morgan fingerprint density at radius 2 is 2.25 bits per heavy atom. The molecule has 1 rings (SSSR count). The highest BCUT2D eigenvalue weighted by molar-refractivity contribution is 6.34. The van der Waals surface area contributed by atoms with E-state index in [4.69, 9.17) is 14.7 Å². The van der Waals surface area contributed by atoms with Crippen molar-refractivity contribution in [1.82, 2.24) is 0 Å². The Morgan fingerprint density at radius 3 is 2.81 bits per heavy atom. The third-order valence-electron chi connectivity index (χ3n) is 1.90. The molecule has 0 unspecified atom stereocenters. The molecule has 0 saturated carbocycles. The van der Waals surface area contributed by atoms with Crippen molar-refractivity contribution in [2.75, 3.05) is 5.32 Å². The van der Waals surface area contributed by atoms with Gasteiger partial charge in [-0.05, 0) is 24.6 Å². The summed E-state index contributed by atoms with van der Waals surface area (Å²) in [6.45, 7) is 5.08. The number of hydrogen-bond acceptors (Lipinski definition) is 4. The highest BCUT2D eigenvalue weighted by Crippen LogP contribution is 2.28. The van der Waals surface area contributed by atoms with Crippen LogP contribution >= 0.6 is 0 Å². The van der Waals surface area contributed by atoms with E-state index in [1.54, 1.807) is 19.1 Å². The van der Waals surface area contributed by atoms with Gasteiger partial charge < -0.3 is 20.0 Å². The van der Waals surface area contributed by atoms with Crippen LogP contribution < -0.4 is 9.97 Å². The summed E-state index contributed by atoms with van der Waals surface area (Å²) in [7, 11) is -1.93. The number of para-hydroxylation sites is 1. The van der Waals surface area contributed by atoms with Crippen LogP contribution in [0.5, 0.6) is 5.75 Å². The number of nitrogens with one attached hydrogen (secondary N) is 1. The van der Waals surface area contributed by atoms with Crippen LogP contribution in [0.2, 0.25) is 0 Å². The van der Waals surface area contributed by atoms with Crippen molar-refractivity contribution in [2.45, 2.75) is 6.92 Å². The third-order valence-corrected chi connectivity index (χ3v) is 1.90. The largest absolute Gasteiger partial charge is 0.707 e. The van der Waals surface area contributed by atoms with Gasteiger partial charge in [0.15, 0.2) is 0 Å². The average Bonchev–Trinajstić information content (AvgIpc) is 2.22. The van der Waals surface area contributed by atoms with E-state index in [2.05, 4.69) is 11.9 Å². The molecular formula is C10H12BNO4. The Kier molecular flexibility index (Phi) is 4.10. The number of carbonyl (C=O) groups is 1. The molecule has 0 heterocycles. The van der Waals surface area contributed by atoms with Gasteiger partial charge in [-0.2, -0.15) is 0 Å². The molecule has 0 radical (unpaired) electrons. The van der Waals surface area contributed by atoms with Crippen LogP contribution in [-0.2, 0) is 4.79 Å². The van der Waals surface area contributed by atoms with Crippen LogP contribution in [0, 0.1) is 6.92 Å². The van der Waals surface area contributed by atoms with Crippen LogP contribution in [-0.4, -0.2) is 23.3 Å². The van der Waals surface area contributed by atoms with Gasteiger partial charge >= 0.3 is 7.32 Å². The lowest BCUT2D eigenvalue weighted by atomic mass is 10.1. The SMILES string of the molecule is C=CC(=O)Nc1c(C)cccc1OB(O)O. The van der Waals surface area contributed by atoms with Crippen LogP contribution in [0.1, 0.15) is 5.56 Å². The van der Waals surface area contributed by atoms with Gasteiger partial charge in [-0.15, -0.1) is 0 Å². The Hall–Kier alpha value is -1.79. The van der Waals surface area contributed by atoms with Crippen molar-refractivity contribution in [3.05, 3.63) is 36.4 Å². The van der Waals surface area contributed by atoms with E-state index in [9.17, 15) is 4.79 Å². The van der Waals surface area contributed by atoms with Crippen LogP contribution in [0.3, 0.4) is 0 Å². The van der Waals surface area contributed by atoms with Gasteiger partial charge in [-0.3, -0.25) is 4.79 Å². The van der Waals surface area contributed by atoms with Crippen molar-refractivity contribution >= 4 is 18.9 Å². The minimum Gasteiger partial charge on any atom is -0.510 e. The Balaban J connectivity index is 3.02. The summed E-state index contributed by atoms with van der Waals surface area (Å²) in [6.07, 6.45) is 1.12. The van der Waals surface area contributed by atoms with E-state index in [1.807, 2.05) is 0 Å². The molecule has 0 atom stereocenters. The van der Waals surface area contributed by atoms with E-state index in [-0.39, 0.29) is 5.75 Å². The molecule has 5 nitrogen and oxygen atoms in total. The quantitative estimate of drug-likeness (QED) is 0.510. The fraction of sp³-hybridized carbons (Fsp3) is 0.100. The number of benzene rings is 1. The summed E-state index contributed by atoms with van der Waals surface area (Å²) < 4.78 is 4.73. The van der Waals surface area contributed by atoms with Crippen molar-refractivity contribution in [3.8, 4) is 5.75 Å². The molecule has 0 bridgehead atoms. The van der Waals surface area contributed by atoms with Gasteiger partial charge in [0.05, 0.1) is 5.69 Å². The highest BCUT2D eigenvalue weighted by Gasteiger charge is 2.16. The Labute approximate surface area is 93.5 Å². The topological polar surface area (TPSA) is 78.8 Å². The van der Waals surface area contributed by atoms with Crippen LogP contribution in [0.4, 0.5) is 5.69 Å². The number of rotatable bonds is 4. The minimum absolute atomic E-state index is 0.185. The smallest absolute Gasteiger partial charge is 0.510 e. The summed E-state index contributed by atoms with van der Waals surface area (Å²) >= 11 is 0. The molecular weight excluding hydrogens is 209 g/mol. The first-order chi connectivity index (χ1) is 7.54. The molecule has 84 valence electrons. The molecule has 0 spiro atoms. The van der Waals surface area contributed by atoms with Gasteiger partial charge in [0.2, 0.25) is 5.91 Å². The summed E-state index contributed by atoms with van der Waals surface area (Å²) in [5, 5.41) is 20.0. The predicted molar refractivity (Wildman–Crippen MR) is 60.8 cm³/mol. The standard InChI is InChI=1S/C10H12BNO4/c1-3-9(13)12-10-7(2)5-4-6-8(10)16-11(14)15/h3-6,14-15H,1H2,2H3,(H,12,13). The van der Waals surface area contributed by atoms with Crippen molar-refractivity contribution in [2.24, 2.45) is 0 Å². The first kappa shape index (κ1) is 12.3. The van der Waals surface area contributed by atoms with Gasteiger partial charge in [0.25, 0.3) is 0 Å². The molecule has 1 amide bonds. The number of aryl methyl sites for hydroxylation is 1. The molecule has 0 aromatic heterocycles. The molecule has 6 heteroatoms. The number of anilines is 1. The molecule has 0 saturated heterocycles. The Morgan fingerprint density at radius 1 is 1.56 bits per heavy atom. The fourth-order valence-electron chi connectivity index (χ4n) is 1.19. The normalized spacial score (nSPS) is 9.44. The molecule has 3 N–H and O–H groups in total. The van der Waals surface area contributed by atoms with E-state index >= 15 is 0 Å². The molecule has 1 aromatic carbocycles. The lowest BCUT2D eigenvalue weighted by Crippen LogP contribution is -2.22. The second-order valence-corrected chi connectivity index (χ2v) is 3.09. The molecule has 0 fully saturated rings. The second-order valence-electron chi connectivity index (χ2n) is 3.09. The maximum Gasteiger partial charge on any atom is 0.707 e. The van der Waals surface area contributed by atoms with Crippen LogP contribution in [0.15, 0.2) is 30.9 Å². The third kappa shape index (κ3) is 3.11. The van der Waals surface area contributed by atoms with Gasteiger partial charge in [-0.1, -0.05) is 18.7 Å². The summed E-state index contributed by atoms with van der Waals surface area (Å²) in [5.41, 5.74) is 1.13. The lowest BCUT2D eigenvalue weighted by molar-refractivity contribution is -0.111. The summed E-state index contributed by atoms with van der Waals surface area (Å²) in [6, 6.07) is 4.96. The maximum absolute atomic E-state index is 11.2. The summed E-state index contributed by atoms with van der Waals surface area (Å²) in [5.74, 6) is -0.211. The fourth-order valence-corrected chi connectivity index (χ4v) is 1.19. The molecule has 16 heavy (non-hydrogen) atoms. The Bertz CT molecular complexity index is 406. The molecule has 0 aliphatic carbocycles. The van der Waals surface area contributed by atoms with Gasteiger partial charge in [-0.25, -0.2) is 0 Å². The van der Waals surface area contributed by atoms with E-state index in [0.29, 0.717) is 5.69 Å². The zero-order valence-corrected chi connectivity index (χ0v) is 8.80. The zero-order valence-electron chi connectivity index (χ0n) is 8.80. The van der Waals surface area contributed by atoms with Crippen molar-refractivity contribution in [1.29, 1.82) is 0 Å². The molecule has 0 aliphatic heterocycles. The lowest BCUT2D eigenvalue weighted by Gasteiger charge is -2.13. The monoisotopic (exact) mass is 221 g/mol. The predicted octanol–water partition coefficient (Wildman–Crippen LogP) is 0.468. The highest BCUT2D eigenvalue weighted by atomic mass is 16.6. The number of hydrogen-bond donors (Lipinski definition) is 3. The van der Waals surface area contributed by atoms with Gasteiger partial charge in [0, 0.05) is 0 Å². The first-order valence-electron chi connectivity index (χ1n) is 4.60. The average molecular weight is 221 g/mol. The van der Waals surface area contributed by atoms with E-state index in [0.717, 1.165) is 11.6 Å². The molecule has 0 aliphatic rings.